The molecule has 0 aliphatic heterocycles. The summed E-state index contributed by atoms with van der Waals surface area (Å²) in [5.74, 6) is 0.0587. The number of nitrogen functional groups attached to an aromatic ring is 1. The lowest BCUT2D eigenvalue weighted by Crippen LogP contribution is -2.78. The van der Waals surface area contributed by atoms with Crippen LogP contribution in [0.4, 0.5) is 10.5 Å². The number of ether oxygens (including phenoxy) is 1. The summed E-state index contributed by atoms with van der Waals surface area (Å²) >= 11 is 0. The lowest BCUT2D eigenvalue weighted by Gasteiger charge is -2.70. The van der Waals surface area contributed by atoms with Crippen LogP contribution in [0.3, 0.4) is 0 Å². The summed E-state index contributed by atoms with van der Waals surface area (Å²) in [6.45, 7) is 5.47. The van der Waals surface area contributed by atoms with Crippen LogP contribution < -0.4 is 11.1 Å². The molecule has 0 spiro atoms. The number of nitrogens with zero attached hydrogens (tertiary/aromatic N) is 1. The van der Waals surface area contributed by atoms with E-state index in [2.05, 4.69) is 5.32 Å². The van der Waals surface area contributed by atoms with Crippen LogP contribution >= 0.6 is 0 Å². The standard InChI is InChI=1S/C18H23N3O4/c1-16(2,3)25-15(24)20-17-7-18(8-17,9-17)21-13(22)11-5-4-10(19)6-12(11)14(21)23/h4-6,22-23H,7-9,19H2,1-3H3,(H,20,24). The molecule has 2 bridgehead atoms. The number of aromatic nitrogens is 1. The van der Waals surface area contributed by atoms with Crippen LogP contribution in [-0.4, -0.2) is 32.0 Å². The minimum Gasteiger partial charge on any atom is -0.494 e. The van der Waals surface area contributed by atoms with Gasteiger partial charge in [0.05, 0.1) is 11.1 Å². The van der Waals surface area contributed by atoms with Gasteiger partial charge in [0, 0.05) is 16.5 Å². The molecule has 1 aromatic carbocycles. The molecule has 7 nitrogen and oxygen atoms in total. The van der Waals surface area contributed by atoms with Gasteiger partial charge in [0.25, 0.3) is 0 Å². The van der Waals surface area contributed by atoms with E-state index in [4.69, 9.17) is 10.5 Å². The Morgan fingerprint density at radius 2 is 1.80 bits per heavy atom. The molecular formula is C18H23N3O4. The van der Waals surface area contributed by atoms with Crippen molar-refractivity contribution in [2.24, 2.45) is 0 Å². The maximum Gasteiger partial charge on any atom is 0.408 e. The fraction of sp³-hybridized carbons (Fsp3) is 0.500. The Hall–Kier alpha value is -2.57. The summed E-state index contributed by atoms with van der Waals surface area (Å²) in [6, 6.07) is 5.05. The highest BCUT2D eigenvalue weighted by atomic mass is 16.6. The number of fused-ring (bicyclic) bond motifs is 1. The number of amides is 1. The Kier molecular flexibility index (Phi) is 2.89. The molecule has 0 saturated heterocycles. The summed E-state index contributed by atoms with van der Waals surface area (Å²) in [4.78, 5) is 12.0. The van der Waals surface area contributed by atoms with Crippen LogP contribution in [0.25, 0.3) is 10.8 Å². The van der Waals surface area contributed by atoms with Crippen LogP contribution in [0.1, 0.15) is 40.0 Å². The van der Waals surface area contributed by atoms with Gasteiger partial charge >= 0.3 is 6.09 Å². The van der Waals surface area contributed by atoms with E-state index < -0.39 is 11.7 Å². The summed E-state index contributed by atoms with van der Waals surface area (Å²) in [5, 5.41) is 25.2. The highest BCUT2D eigenvalue weighted by molar-refractivity contribution is 5.95. The quantitative estimate of drug-likeness (QED) is 0.626. The number of anilines is 1. The summed E-state index contributed by atoms with van der Waals surface area (Å²) in [5.41, 5.74) is 5.09. The molecule has 7 heteroatoms. The van der Waals surface area contributed by atoms with Crippen LogP contribution in [0.5, 0.6) is 11.8 Å². The van der Waals surface area contributed by atoms with Crippen LogP contribution in [0, 0.1) is 0 Å². The molecule has 0 atom stereocenters. The molecular weight excluding hydrogens is 322 g/mol. The zero-order valence-corrected chi connectivity index (χ0v) is 14.6. The second kappa shape index (κ2) is 4.53. The van der Waals surface area contributed by atoms with Crippen molar-refractivity contribution in [1.82, 2.24) is 9.88 Å². The molecule has 2 aromatic rings. The second-order valence-corrected chi connectivity index (χ2v) is 8.45. The highest BCUT2D eigenvalue weighted by Crippen LogP contribution is 2.68. The topological polar surface area (TPSA) is 110 Å². The molecule has 3 saturated carbocycles. The van der Waals surface area contributed by atoms with Crippen molar-refractivity contribution in [3.63, 3.8) is 0 Å². The molecule has 1 aromatic heterocycles. The number of nitrogens with one attached hydrogen (secondary N) is 1. The van der Waals surface area contributed by atoms with Gasteiger partial charge in [-0.05, 0) is 58.2 Å². The Morgan fingerprint density at radius 3 is 2.40 bits per heavy atom. The van der Waals surface area contributed by atoms with Crippen molar-refractivity contribution in [2.75, 3.05) is 5.73 Å². The first-order valence-electron chi connectivity index (χ1n) is 8.38. The molecule has 5 N–H and O–H groups in total. The summed E-state index contributed by atoms with van der Waals surface area (Å²) in [6.07, 6.45) is 1.52. The number of rotatable bonds is 2. The van der Waals surface area contributed by atoms with E-state index in [9.17, 15) is 15.0 Å². The van der Waals surface area contributed by atoms with E-state index in [1.165, 1.54) is 0 Å². The lowest BCUT2D eigenvalue weighted by atomic mass is 9.44. The molecule has 134 valence electrons. The number of carbonyl (C=O) groups excluding carboxylic acids is 1. The van der Waals surface area contributed by atoms with E-state index in [1.807, 2.05) is 20.8 Å². The third-order valence-corrected chi connectivity index (χ3v) is 5.19. The second-order valence-electron chi connectivity index (χ2n) is 8.45. The molecule has 1 amide bonds. The lowest BCUT2D eigenvalue weighted by molar-refractivity contribution is -0.140. The first-order chi connectivity index (χ1) is 11.5. The van der Waals surface area contributed by atoms with Gasteiger partial charge in [-0.1, -0.05) is 0 Å². The van der Waals surface area contributed by atoms with E-state index in [1.54, 1.807) is 22.8 Å². The average molecular weight is 345 g/mol. The minimum atomic E-state index is -0.542. The number of benzene rings is 1. The van der Waals surface area contributed by atoms with Gasteiger partial charge in [-0.3, -0.25) is 4.57 Å². The fourth-order valence-corrected chi connectivity index (χ4v) is 4.36. The van der Waals surface area contributed by atoms with Gasteiger partial charge in [-0.25, -0.2) is 4.79 Å². The Balaban J connectivity index is 1.56. The Bertz CT molecular complexity index is 874. The zero-order valence-electron chi connectivity index (χ0n) is 14.6. The van der Waals surface area contributed by atoms with Gasteiger partial charge in [-0.15, -0.1) is 0 Å². The van der Waals surface area contributed by atoms with Crippen molar-refractivity contribution < 1.29 is 19.7 Å². The normalized spacial score (nSPS) is 27.5. The van der Waals surface area contributed by atoms with E-state index in [-0.39, 0.29) is 22.8 Å². The van der Waals surface area contributed by atoms with Gasteiger partial charge in [0.1, 0.15) is 5.60 Å². The fourth-order valence-electron chi connectivity index (χ4n) is 4.36. The largest absolute Gasteiger partial charge is 0.494 e. The first-order valence-corrected chi connectivity index (χ1v) is 8.38. The number of nitrogens with two attached hydrogens (primary N) is 1. The van der Waals surface area contributed by atoms with Gasteiger partial charge in [0.15, 0.2) is 0 Å². The molecule has 3 fully saturated rings. The van der Waals surface area contributed by atoms with Crippen LogP contribution in [0.15, 0.2) is 18.2 Å². The van der Waals surface area contributed by atoms with E-state index >= 15 is 0 Å². The third kappa shape index (κ3) is 2.22. The zero-order chi connectivity index (χ0) is 18.2. The average Bonchev–Trinajstić information content (AvgIpc) is 2.63. The summed E-state index contributed by atoms with van der Waals surface area (Å²) in [7, 11) is 0. The SMILES string of the molecule is CC(C)(C)OC(=O)NC12CC(n3c(O)c4ccc(N)cc4c3O)(C1)C2. The van der Waals surface area contributed by atoms with E-state index in [0.717, 1.165) is 0 Å². The maximum atomic E-state index is 12.0. The van der Waals surface area contributed by atoms with Crippen molar-refractivity contribution in [2.45, 2.75) is 56.7 Å². The van der Waals surface area contributed by atoms with Crippen LogP contribution in [-0.2, 0) is 10.3 Å². The predicted molar refractivity (Wildman–Crippen MR) is 93.6 cm³/mol. The van der Waals surface area contributed by atoms with Gasteiger partial charge < -0.3 is 26.0 Å². The smallest absolute Gasteiger partial charge is 0.408 e. The highest BCUT2D eigenvalue weighted by Gasteiger charge is 2.71. The molecule has 0 unspecified atom stereocenters. The predicted octanol–water partition coefficient (Wildman–Crippen LogP) is 2.79. The van der Waals surface area contributed by atoms with Crippen molar-refractivity contribution in [1.29, 1.82) is 0 Å². The Morgan fingerprint density at radius 1 is 1.20 bits per heavy atom. The molecule has 0 radical (unpaired) electrons. The van der Waals surface area contributed by atoms with Gasteiger partial charge in [-0.2, -0.15) is 0 Å². The number of hydrogen-bond acceptors (Lipinski definition) is 5. The number of hydrogen-bond donors (Lipinski definition) is 4. The van der Waals surface area contributed by atoms with Crippen molar-refractivity contribution in [3.8, 4) is 11.8 Å². The maximum absolute atomic E-state index is 12.0. The number of alkyl carbamates (subject to hydrolysis) is 1. The minimum absolute atomic E-state index is 0.0189. The van der Waals surface area contributed by atoms with Crippen molar-refractivity contribution in [3.05, 3.63) is 18.2 Å². The van der Waals surface area contributed by atoms with E-state index in [0.29, 0.717) is 35.7 Å². The third-order valence-electron chi connectivity index (χ3n) is 5.19. The van der Waals surface area contributed by atoms with Crippen molar-refractivity contribution >= 4 is 22.6 Å². The number of carbonyl (C=O) groups is 1. The summed E-state index contributed by atoms with van der Waals surface area (Å²) < 4.78 is 6.89. The molecule has 3 aliphatic rings. The molecule has 1 heterocycles. The molecule has 5 rings (SSSR count). The monoisotopic (exact) mass is 345 g/mol. The molecule has 3 aliphatic carbocycles. The van der Waals surface area contributed by atoms with Crippen LogP contribution in [0.2, 0.25) is 0 Å². The molecule has 25 heavy (non-hydrogen) atoms. The number of aromatic hydroxyl groups is 2. The first kappa shape index (κ1) is 15.9. The van der Waals surface area contributed by atoms with Gasteiger partial charge in [0.2, 0.25) is 11.8 Å². The Labute approximate surface area is 145 Å².